The van der Waals surface area contributed by atoms with E-state index in [9.17, 15) is 0 Å². The molecule has 0 radical (unpaired) electrons. The Morgan fingerprint density at radius 1 is 1.00 bits per heavy atom. The van der Waals surface area contributed by atoms with Gasteiger partial charge in [-0.25, -0.2) is 0 Å². The normalized spacial score (nSPS) is 13.7. The number of hydrogen-bond acceptors (Lipinski definition) is 1. The molecule has 2 rings (SSSR count). The van der Waals surface area contributed by atoms with Crippen LogP contribution in [0, 0.1) is 5.92 Å². The number of hydrogen-bond donors (Lipinski definition) is 1. The molecule has 0 aliphatic carbocycles. The monoisotopic (exact) mass is 251 g/mol. The van der Waals surface area contributed by atoms with Gasteiger partial charge in [-0.3, -0.25) is 0 Å². The summed E-state index contributed by atoms with van der Waals surface area (Å²) in [6.07, 6.45) is 2.01. The molecular weight excluding hydrogens is 230 g/mol. The maximum absolute atomic E-state index is 3.92. The van der Waals surface area contributed by atoms with E-state index in [4.69, 9.17) is 0 Å². The van der Waals surface area contributed by atoms with E-state index >= 15 is 0 Å². The molecule has 0 amide bonds. The van der Waals surface area contributed by atoms with Crippen LogP contribution in [0.15, 0.2) is 73.3 Å². The number of rotatable bonds is 6. The van der Waals surface area contributed by atoms with E-state index in [1.54, 1.807) is 0 Å². The highest BCUT2D eigenvalue weighted by molar-refractivity contribution is 5.21. The molecule has 0 aliphatic rings. The zero-order chi connectivity index (χ0) is 13.5. The average Bonchev–Trinajstić information content (AvgIpc) is 2.49. The van der Waals surface area contributed by atoms with Crippen LogP contribution >= 0.6 is 0 Å². The first-order chi connectivity index (χ1) is 9.31. The maximum atomic E-state index is 3.92. The molecule has 0 aromatic heterocycles. The third kappa shape index (κ3) is 3.80. The zero-order valence-electron chi connectivity index (χ0n) is 11.4. The van der Waals surface area contributed by atoms with E-state index < -0.39 is 0 Å². The van der Waals surface area contributed by atoms with Gasteiger partial charge in [-0.2, -0.15) is 0 Å². The fourth-order valence-electron chi connectivity index (χ4n) is 2.23. The molecule has 0 heterocycles. The Morgan fingerprint density at radius 3 is 2.16 bits per heavy atom. The summed E-state index contributed by atoms with van der Waals surface area (Å²) in [6.45, 7) is 6.99. The largest absolute Gasteiger partial charge is 0.305 e. The van der Waals surface area contributed by atoms with Gasteiger partial charge in [0.2, 0.25) is 0 Å². The Kier molecular flexibility index (Phi) is 4.93. The molecule has 0 saturated carbocycles. The Hall–Kier alpha value is -1.86. The van der Waals surface area contributed by atoms with Crippen molar-refractivity contribution in [2.75, 3.05) is 0 Å². The third-order valence-electron chi connectivity index (χ3n) is 3.43. The molecule has 1 heteroatoms. The molecule has 2 aromatic rings. The van der Waals surface area contributed by atoms with Crippen LogP contribution in [0.4, 0.5) is 0 Å². The molecule has 2 aromatic carbocycles. The zero-order valence-corrected chi connectivity index (χ0v) is 11.4. The summed E-state index contributed by atoms with van der Waals surface area (Å²) < 4.78 is 0. The fraction of sp³-hybridized carbons (Fsp3) is 0.222. The van der Waals surface area contributed by atoms with E-state index in [2.05, 4.69) is 73.4 Å². The van der Waals surface area contributed by atoms with Crippen LogP contribution in [-0.2, 0) is 6.54 Å². The van der Waals surface area contributed by atoms with Crippen molar-refractivity contribution in [3.05, 3.63) is 84.4 Å². The van der Waals surface area contributed by atoms with Crippen LogP contribution in [0.1, 0.15) is 24.1 Å². The highest BCUT2D eigenvalue weighted by atomic mass is 14.9. The van der Waals surface area contributed by atoms with Gasteiger partial charge in [0.1, 0.15) is 0 Å². The Labute approximate surface area is 116 Å². The van der Waals surface area contributed by atoms with Crippen molar-refractivity contribution in [2.24, 2.45) is 5.92 Å². The van der Waals surface area contributed by atoms with E-state index in [1.165, 1.54) is 11.1 Å². The van der Waals surface area contributed by atoms with E-state index in [-0.39, 0.29) is 0 Å². The highest BCUT2D eigenvalue weighted by Crippen LogP contribution is 2.23. The SMILES string of the molecule is C=CC(C)C(NCc1ccccc1)c1ccccc1. The summed E-state index contributed by atoms with van der Waals surface area (Å²) in [5.41, 5.74) is 2.62. The number of nitrogens with one attached hydrogen (secondary N) is 1. The van der Waals surface area contributed by atoms with Gasteiger partial charge in [-0.15, -0.1) is 6.58 Å². The first-order valence-electron chi connectivity index (χ1n) is 6.76. The molecule has 1 N–H and O–H groups in total. The van der Waals surface area contributed by atoms with Crippen LogP contribution < -0.4 is 5.32 Å². The molecule has 1 nitrogen and oxygen atoms in total. The van der Waals surface area contributed by atoms with Gasteiger partial charge in [0.15, 0.2) is 0 Å². The van der Waals surface area contributed by atoms with Gasteiger partial charge in [-0.05, 0) is 17.0 Å². The molecule has 0 bridgehead atoms. The highest BCUT2D eigenvalue weighted by Gasteiger charge is 2.15. The smallest absolute Gasteiger partial charge is 0.0383 e. The first-order valence-corrected chi connectivity index (χ1v) is 6.76. The van der Waals surface area contributed by atoms with Crippen molar-refractivity contribution < 1.29 is 0 Å². The summed E-state index contributed by atoms with van der Waals surface area (Å²) in [4.78, 5) is 0. The van der Waals surface area contributed by atoms with Gasteiger partial charge in [0.05, 0.1) is 0 Å². The molecule has 0 saturated heterocycles. The van der Waals surface area contributed by atoms with Crippen molar-refractivity contribution >= 4 is 0 Å². The molecule has 0 spiro atoms. The van der Waals surface area contributed by atoms with Gasteiger partial charge in [0, 0.05) is 12.6 Å². The van der Waals surface area contributed by atoms with Gasteiger partial charge in [-0.1, -0.05) is 73.7 Å². The molecule has 2 atom stereocenters. The molecule has 98 valence electrons. The second-order valence-electron chi connectivity index (χ2n) is 4.85. The summed E-state index contributed by atoms with van der Waals surface area (Å²) in [6, 6.07) is 21.4. The lowest BCUT2D eigenvalue weighted by Gasteiger charge is -2.23. The molecular formula is C18H21N. The lowest BCUT2D eigenvalue weighted by Crippen LogP contribution is -2.25. The predicted octanol–water partition coefficient (Wildman–Crippen LogP) is 4.34. The van der Waals surface area contributed by atoms with Gasteiger partial charge >= 0.3 is 0 Å². The first kappa shape index (κ1) is 13.6. The van der Waals surface area contributed by atoms with E-state index in [1.807, 2.05) is 12.1 Å². The van der Waals surface area contributed by atoms with Crippen molar-refractivity contribution in [1.29, 1.82) is 0 Å². The van der Waals surface area contributed by atoms with E-state index in [0.717, 1.165) is 6.54 Å². The van der Waals surface area contributed by atoms with Gasteiger partial charge in [0.25, 0.3) is 0 Å². The third-order valence-corrected chi connectivity index (χ3v) is 3.43. The molecule has 0 fully saturated rings. The van der Waals surface area contributed by atoms with E-state index in [0.29, 0.717) is 12.0 Å². The maximum Gasteiger partial charge on any atom is 0.0383 e. The van der Waals surface area contributed by atoms with Crippen molar-refractivity contribution in [1.82, 2.24) is 5.32 Å². The van der Waals surface area contributed by atoms with Crippen molar-refractivity contribution in [2.45, 2.75) is 19.5 Å². The fourth-order valence-corrected chi connectivity index (χ4v) is 2.23. The lowest BCUT2D eigenvalue weighted by molar-refractivity contribution is 0.444. The minimum Gasteiger partial charge on any atom is -0.305 e. The Bertz CT molecular complexity index is 490. The second-order valence-corrected chi connectivity index (χ2v) is 4.85. The van der Waals surface area contributed by atoms with Crippen LogP contribution in [0.25, 0.3) is 0 Å². The topological polar surface area (TPSA) is 12.0 Å². The second kappa shape index (κ2) is 6.91. The Morgan fingerprint density at radius 2 is 1.58 bits per heavy atom. The lowest BCUT2D eigenvalue weighted by atomic mass is 9.94. The standard InChI is InChI=1S/C18H21N/c1-3-15(2)18(17-12-8-5-9-13-17)19-14-16-10-6-4-7-11-16/h3-13,15,18-19H,1,14H2,2H3. The van der Waals surface area contributed by atoms with Crippen LogP contribution in [0.2, 0.25) is 0 Å². The average molecular weight is 251 g/mol. The Balaban J connectivity index is 2.09. The quantitative estimate of drug-likeness (QED) is 0.753. The van der Waals surface area contributed by atoms with Crippen molar-refractivity contribution in [3.8, 4) is 0 Å². The summed E-state index contributed by atoms with van der Waals surface area (Å²) in [5.74, 6) is 0.395. The molecule has 19 heavy (non-hydrogen) atoms. The summed E-state index contributed by atoms with van der Waals surface area (Å²) >= 11 is 0. The minimum absolute atomic E-state index is 0.305. The minimum atomic E-state index is 0.305. The van der Waals surface area contributed by atoms with Crippen molar-refractivity contribution in [3.63, 3.8) is 0 Å². The molecule has 2 unspecified atom stereocenters. The van der Waals surface area contributed by atoms with Crippen LogP contribution in [0.3, 0.4) is 0 Å². The summed E-state index contributed by atoms with van der Waals surface area (Å²) in [5, 5.41) is 3.63. The van der Waals surface area contributed by atoms with Gasteiger partial charge < -0.3 is 5.32 Å². The predicted molar refractivity (Wildman–Crippen MR) is 81.8 cm³/mol. The van der Waals surface area contributed by atoms with Crippen LogP contribution in [-0.4, -0.2) is 0 Å². The number of benzene rings is 2. The van der Waals surface area contributed by atoms with Crippen LogP contribution in [0.5, 0.6) is 0 Å². The molecule has 0 aliphatic heterocycles. The summed E-state index contributed by atoms with van der Waals surface area (Å²) in [7, 11) is 0.